The summed E-state index contributed by atoms with van der Waals surface area (Å²) in [6, 6.07) is 5.52. The van der Waals surface area contributed by atoms with Crippen molar-refractivity contribution in [3.8, 4) is 35.1 Å². The molecule has 110 valence electrons. The third-order valence-corrected chi connectivity index (χ3v) is 3.31. The Bertz CT molecular complexity index is 684. The monoisotopic (exact) mass is 285 g/mol. The minimum Gasteiger partial charge on any atom is -0.497 e. The van der Waals surface area contributed by atoms with Gasteiger partial charge in [-0.2, -0.15) is 0 Å². The number of terminal acetylenes is 1. The number of nitrogens with two attached hydrogens (primary N) is 1. The molecule has 1 heterocycles. The molecule has 0 saturated heterocycles. The SMILES string of the molecule is C#CCn1c(CC)nc(-c2cc(OC)ccc2OC)c1N. The van der Waals surface area contributed by atoms with Gasteiger partial charge in [-0.05, 0) is 18.2 Å². The van der Waals surface area contributed by atoms with Gasteiger partial charge < -0.3 is 19.8 Å². The molecule has 0 saturated carbocycles. The lowest BCUT2D eigenvalue weighted by molar-refractivity contribution is 0.404. The van der Waals surface area contributed by atoms with Gasteiger partial charge in [-0.1, -0.05) is 12.8 Å². The van der Waals surface area contributed by atoms with Crippen molar-refractivity contribution in [1.29, 1.82) is 0 Å². The van der Waals surface area contributed by atoms with Gasteiger partial charge >= 0.3 is 0 Å². The van der Waals surface area contributed by atoms with Gasteiger partial charge in [0.1, 0.15) is 28.8 Å². The maximum absolute atomic E-state index is 6.22. The molecule has 0 atom stereocenters. The molecule has 5 nitrogen and oxygen atoms in total. The fourth-order valence-electron chi connectivity index (χ4n) is 2.25. The zero-order valence-corrected chi connectivity index (χ0v) is 12.5. The molecular formula is C16H19N3O2. The highest BCUT2D eigenvalue weighted by atomic mass is 16.5. The molecule has 0 spiro atoms. The normalized spacial score (nSPS) is 10.2. The minimum atomic E-state index is 0.397. The molecule has 0 fully saturated rings. The van der Waals surface area contributed by atoms with Crippen molar-refractivity contribution in [3.63, 3.8) is 0 Å². The molecule has 2 aromatic rings. The van der Waals surface area contributed by atoms with E-state index in [0.29, 0.717) is 23.8 Å². The van der Waals surface area contributed by atoms with Crippen LogP contribution in [-0.2, 0) is 13.0 Å². The Labute approximate surface area is 124 Å². The van der Waals surface area contributed by atoms with E-state index in [-0.39, 0.29) is 0 Å². The number of aryl methyl sites for hydroxylation is 1. The first-order valence-corrected chi connectivity index (χ1v) is 6.66. The van der Waals surface area contributed by atoms with Crippen LogP contribution in [0.2, 0.25) is 0 Å². The third kappa shape index (κ3) is 2.65. The molecule has 0 amide bonds. The Morgan fingerprint density at radius 2 is 2.10 bits per heavy atom. The van der Waals surface area contributed by atoms with Crippen molar-refractivity contribution >= 4 is 5.82 Å². The smallest absolute Gasteiger partial charge is 0.132 e. The summed E-state index contributed by atoms with van der Waals surface area (Å²) in [5, 5.41) is 0. The zero-order chi connectivity index (χ0) is 15.4. The number of hydrogen-bond donors (Lipinski definition) is 1. The van der Waals surface area contributed by atoms with Gasteiger partial charge in [-0.25, -0.2) is 4.98 Å². The van der Waals surface area contributed by atoms with Crippen LogP contribution >= 0.6 is 0 Å². The number of anilines is 1. The van der Waals surface area contributed by atoms with Gasteiger partial charge in [0.15, 0.2) is 0 Å². The largest absolute Gasteiger partial charge is 0.497 e. The van der Waals surface area contributed by atoms with Crippen LogP contribution in [0.5, 0.6) is 11.5 Å². The van der Waals surface area contributed by atoms with Crippen molar-refractivity contribution in [2.75, 3.05) is 20.0 Å². The fraction of sp³-hybridized carbons (Fsp3) is 0.312. The number of nitrogens with zero attached hydrogens (tertiary/aromatic N) is 2. The third-order valence-electron chi connectivity index (χ3n) is 3.31. The van der Waals surface area contributed by atoms with Crippen LogP contribution in [-0.4, -0.2) is 23.8 Å². The summed E-state index contributed by atoms with van der Waals surface area (Å²) < 4.78 is 12.5. The Balaban J connectivity index is 2.64. The van der Waals surface area contributed by atoms with Crippen molar-refractivity contribution in [3.05, 3.63) is 24.0 Å². The van der Waals surface area contributed by atoms with E-state index in [4.69, 9.17) is 21.6 Å². The van der Waals surface area contributed by atoms with Crippen molar-refractivity contribution in [2.24, 2.45) is 0 Å². The molecule has 1 aromatic heterocycles. The Morgan fingerprint density at radius 1 is 1.33 bits per heavy atom. The molecule has 0 aliphatic carbocycles. The lowest BCUT2D eigenvalue weighted by atomic mass is 10.1. The lowest BCUT2D eigenvalue weighted by Crippen LogP contribution is -2.05. The number of ether oxygens (including phenoxy) is 2. The van der Waals surface area contributed by atoms with Gasteiger partial charge in [-0.15, -0.1) is 6.42 Å². The number of hydrogen-bond acceptors (Lipinski definition) is 4. The zero-order valence-electron chi connectivity index (χ0n) is 12.5. The van der Waals surface area contributed by atoms with Gasteiger partial charge in [0.05, 0.1) is 20.8 Å². The van der Waals surface area contributed by atoms with E-state index >= 15 is 0 Å². The first-order chi connectivity index (χ1) is 10.2. The van der Waals surface area contributed by atoms with Crippen molar-refractivity contribution < 1.29 is 9.47 Å². The number of nitrogen functional groups attached to an aromatic ring is 1. The van der Waals surface area contributed by atoms with E-state index in [1.54, 1.807) is 14.2 Å². The molecule has 21 heavy (non-hydrogen) atoms. The number of benzene rings is 1. The van der Waals surface area contributed by atoms with Crippen LogP contribution in [0.3, 0.4) is 0 Å². The second-order valence-corrected chi connectivity index (χ2v) is 4.47. The topological polar surface area (TPSA) is 62.3 Å². The summed E-state index contributed by atoms with van der Waals surface area (Å²) in [6.45, 7) is 2.41. The molecule has 2 N–H and O–H groups in total. The van der Waals surface area contributed by atoms with Gasteiger partial charge in [0.2, 0.25) is 0 Å². The van der Waals surface area contributed by atoms with E-state index in [1.165, 1.54) is 0 Å². The first-order valence-electron chi connectivity index (χ1n) is 6.66. The molecule has 0 radical (unpaired) electrons. The summed E-state index contributed by atoms with van der Waals surface area (Å²) in [5.74, 6) is 5.40. The Hall–Kier alpha value is -2.61. The predicted molar refractivity (Wildman–Crippen MR) is 83.4 cm³/mol. The maximum atomic E-state index is 6.22. The molecule has 0 bridgehead atoms. The van der Waals surface area contributed by atoms with Gasteiger partial charge in [0, 0.05) is 12.0 Å². The molecule has 0 aliphatic heterocycles. The predicted octanol–water partition coefficient (Wildman–Crippen LogP) is 2.35. The second kappa shape index (κ2) is 6.23. The maximum Gasteiger partial charge on any atom is 0.132 e. The van der Waals surface area contributed by atoms with Gasteiger partial charge in [-0.3, -0.25) is 0 Å². The molecule has 1 aromatic carbocycles. The summed E-state index contributed by atoms with van der Waals surface area (Å²) >= 11 is 0. The van der Waals surface area contributed by atoms with Crippen LogP contribution < -0.4 is 15.2 Å². The summed E-state index contributed by atoms with van der Waals surface area (Å²) in [4.78, 5) is 4.61. The Morgan fingerprint density at radius 3 is 2.67 bits per heavy atom. The first kappa shape index (κ1) is 14.8. The highest BCUT2D eigenvalue weighted by molar-refractivity contribution is 5.77. The summed E-state index contributed by atoms with van der Waals surface area (Å²) in [7, 11) is 3.23. The summed E-state index contributed by atoms with van der Waals surface area (Å²) in [5.41, 5.74) is 7.68. The number of aromatic nitrogens is 2. The molecule has 5 heteroatoms. The highest BCUT2D eigenvalue weighted by Crippen LogP contribution is 2.36. The molecule has 0 unspecified atom stereocenters. The van der Waals surface area contributed by atoms with Crippen LogP contribution in [0.4, 0.5) is 5.82 Å². The van der Waals surface area contributed by atoms with E-state index < -0.39 is 0 Å². The number of imidazole rings is 1. The minimum absolute atomic E-state index is 0.397. The van der Waals surface area contributed by atoms with E-state index in [0.717, 1.165) is 23.6 Å². The molecule has 0 aliphatic rings. The van der Waals surface area contributed by atoms with Crippen LogP contribution in [0.15, 0.2) is 18.2 Å². The fourth-order valence-corrected chi connectivity index (χ4v) is 2.25. The lowest BCUT2D eigenvalue weighted by Gasteiger charge is -2.09. The average Bonchev–Trinajstić information content (AvgIpc) is 2.83. The number of rotatable bonds is 5. The van der Waals surface area contributed by atoms with E-state index in [2.05, 4.69) is 10.9 Å². The van der Waals surface area contributed by atoms with Gasteiger partial charge in [0.25, 0.3) is 0 Å². The quantitative estimate of drug-likeness (QED) is 0.857. The standard InChI is InChI=1S/C16H19N3O2/c1-5-9-19-14(6-2)18-15(16(19)17)12-10-11(20-3)7-8-13(12)21-4/h1,7-8,10H,6,9,17H2,2-4H3. The van der Waals surface area contributed by atoms with Crippen LogP contribution in [0.1, 0.15) is 12.7 Å². The van der Waals surface area contributed by atoms with Crippen molar-refractivity contribution in [2.45, 2.75) is 19.9 Å². The molecule has 2 rings (SSSR count). The highest BCUT2D eigenvalue weighted by Gasteiger charge is 2.18. The van der Waals surface area contributed by atoms with Crippen LogP contribution in [0, 0.1) is 12.3 Å². The average molecular weight is 285 g/mol. The van der Waals surface area contributed by atoms with Crippen molar-refractivity contribution in [1.82, 2.24) is 9.55 Å². The second-order valence-electron chi connectivity index (χ2n) is 4.47. The summed E-state index contributed by atoms with van der Waals surface area (Å²) in [6.07, 6.45) is 6.15. The van der Waals surface area contributed by atoms with E-state index in [1.807, 2.05) is 29.7 Å². The van der Waals surface area contributed by atoms with E-state index in [9.17, 15) is 0 Å². The Kier molecular flexibility index (Phi) is 4.39. The number of methoxy groups -OCH3 is 2. The van der Waals surface area contributed by atoms with Crippen LogP contribution in [0.25, 0.3) is 11.3 Å². The molecular weight excluding hydrogens is 266 g/mol.